The molecule has 1 aliphatic rings. The first-order valence-corrected chi connectivity index (χ1v) is 10.6. The highest BCUT2D eigenvalue weighted by Gasteiger charge is 2.37. The van der Waals surface area contributed by atoms with Crippen molar-refractivity contribution in [2.75, 3.05) is 13.7 Å². The van der Waals surface area contributed by atoms with Crippen LogP contribution in [0.1, 0.15) is 46.5 Å². The van der Waals surface area contributed by atoms with Gasteiger partial charge in [0.1, 0.15) is 5.75 Å². The lowest BCUT2D eigenvalue weighted by Gasteiger charge is -2.21. The predicted octanol–water partition coefficient (Wildman–Crippen LogP) is 4.70. The van der Waals surface area contributed by atoms with Crippen molar-refractivity contribution in [3.8, 4) is 17.0 Å². The molecule has 1 unspecified atom stereocenters. The molecule has 176 valence electrons. The molecule has 1 atom stereocenters. The Morgan fingerprint density at radius 2 is 2.03 bits per heavy atom. The summed E-state index contributed by atoms with van der Waals surface area (Å²) in [5.41, 5.74) is -0.00830. The van der Waals surface area contributed by atoms with Gasteiger partial charge in [0.05, 0.1) is 24.5 Å². The molecule has 1 amide bonds. The number of carbonyl (C=O) groups excluding carboxylic acids is 1. The van der Waals surface area contributed by atoms with Gasteiger partial charge in [-0.3, -0.25) is 4.79 Å². The van der Waals surface area contributed by atoms with Gasteiger partial charge >= 0.3 is 6.18 Å². The average molecular weight is 471 g/mol. The molecule has 1 fully saturated rings. The summed E-state index contributed by atoms with van der Waals surface area (Å²) in [6.07, 6.45) is -3.32. The summed E-state index contributed by atoms with van der Waals surface area (Å²) >= 11 is 0. The molecule has 5 rings (SSSR count). The molecule has 11 heteroatoms. The zero-order valence-electron chi connectivity index (χ0n) is 18.3. The van der Waals surface area contributed by atoms with Crippen molar-refractivity contribution in [2.24, 2.45) is 0 Å². The lowest BCUT2D eigenvalue weighted by atomic mass is 10.1. The molecular weight excluding hydrogens is 451 g/mol. The van der Waals surface area contributed by atoms with Gasteiger partial charge in [-0.05, 0) is 38.0 Å². The van der Waals surface area contributed by atoms with Crippen molar-refractivity contribution in [1.82, 2.24) is 24.7 Å². The molecular formula is C23H20F3N5O3. The number of alkyl halides is 3. The van der Waals surface area contributed by atoms with Gasteiger partial charge in [-0.2, -0.15) is 18.3 Å². The summed E-state index contributed by atoms with van der Waals surface area (Å²) < 4.78 is 53.0. The fourth-order valence-corrected chi connectivity index (χ4v) is 4.20. The highest BCUT2D eigenvalue weighted by atomic mass is 19.4. The molecule has 0 aliphatic carbocycles. The molecule has 0 spiro atoms. The van der Waals surface area contributed by atoms with Crippen LogP contribution in [0.3, 0.4) is 0 Å². The number of carbonyl (C=O) groups is 1. The Hall–Kier alpha value is -3.89. The van der Waals surface area contributed by atoms with Crippen molar-refractivity contribution in [2.45, 2.75) is 32.0 Å². The quantitative estimate of drug-likeness (QED) is 0.429. The number of amides is 1. The second kappa shape index (κ2) is 8.15. The van der Waals surface area contributed by atoms with Gasteiger partial charge in [0.2, 0.25) is 0 Å². The first-order chi connectivity index (χ1) is 16.2. The number of aromatic nitrogens is 4. The van der Waals surface area contributed by atoms with E-state index >= 15 is 0 Å². The maximum absolute atomic E-state index is 13.9. The van der Waals surface area contributed by atoms with Crippen LogP contribution in [0, 0.1) is 6.92 Å². The zero-order valence-corrected chi connectivity index (χ0v) is 18.3. The minimum Gasteiger partial charge on any atom is -0.497 e. The van der Waals surface area contributed by atoms with Crippen LogP contribution in [0.2, 0.25) is 0 Å². The number of hydrogen-bond donors (Lipinski definition) is 0. The van der Waals surface area contributed by atoms with Crippen LogP contribution in [0.5, 0.6) is 5.75 Å². The van der Waals surface area contributed by atoms with Crippen LogP contribution in [0.25, 0.3) is 16.9 Å². The maximum atomic E-state index is 13.9. The van der Waals surface area contributed by atoms with E-state index in [-0.39, 0.29) is 23.1 Å². The van der Waals surface area contributed by atoms with Crippen molar-refractivity contribution < 1.29 is 27.2 Å². The van der Waals surface area contributed by atoms with Crippen LogP contribution in [0.15, 0.2) is 47.0 Å². The summed E-state index contributed by atoms with van der Waals surface area (Å²) in [6.45, 7) is 2.21. The van der Waals surface area contributed by atoms with E-state index in [1.165, 1.54) is 13.2 Å². The topological polar surface area (TPSA) is 85.8 Å². The Bertz CT molecular complexity index is 1380. The van der Waals surface area contributed by atoms with Gasteiger partial charge in [0.25, 0.3) is 5.91 Å². The second-order valence-corrected chi connectivity index (χ2v) is 8.08. The highest BCUT2D eigenvalue weighted by molar-refractivity contribution is 5.94. The average Bonchev–Trinajstić information content (AvgIpc) is 3.56. The number of nitrogens with zero attached hydrogens (tertiary/aromatic N) is 5. The molecule has 1 aliphatic heterocycles. The summed E-state index contributed by atoms with van der Waals surface area (Å²) in [6, 6.07) is 10.2. The number of ether oxygens (including phenoxy) is 1. The maximum Gasteiger partial charge on any atom is 0.433 e. The molecule has 34 heavy (non-hydrogen) atoms. The van der Waals surface area contributed by atoms with Crippen molar-refractivity contribution >= 4 is 11.6 Å². The largest absolute Gasteiger partial charge is 0.497 e. The van der Waals surface area contributed by atoms with E-state index in [1.54, 1.807) is 42.2 Å². The van der Waals surface area contributed by atoms with E-state index in [0.29, 0.717) is 40.2 Å². The Kier molecular flexibility index (Phi) is 5.26. The third-order valence-electron chi connectivity index (χ3n) is 5.79. The van der Waals surface area contributed by atoms with Crippen LogP contribution < -0.4 is 4.74 Å². The minimum atomic E-state index is -4.71. The Morgan fingerprint density at radius 3 is 2.74 bits per heavy atom. The van der Waals surface area contributed by atoms with Crippen molar-refractivity contribution in [3.63, 3.8) is 0 Å². The summed E-state index contributed by atoms with van der Waals surface area (Å²) in [4.78, 5) is 19.2. The van der Waals surface area contributed by atoms with Gasteiger partial charge in [-0.25, -0.2) is 9.50 Å². The van der Waals surface area contributed by atoms with Crippen LogP contribution in [-0.4, -0.2) is 44.2 Å². The fourth-order valence-electron chi connectivity index (χ4n) is 4.20. The summed E-state index contributed by atoms with van der Waals surface area (Å²) in [7, 11) is 1.47. The molecule has 8 nitrogen and oxygen atoms in total. The first-order valence-electron chi connectivity index (χ1n) is 10.6. The Balaban J connectivity index is 1.57. The highest BCUT2D eigenvalue weighted by Crippen LogP contribution is 2.35. The summed E-state index contributed by atoms with van der Waals surface area (Å²) in [5, 5.41) is 7.87. The molecule has 1 aromatic carbocycles. The van der Waals surface area contributed by atoms with Crippen molar-refractivity contribution in [1.29, 1.82) is 0 Å². The van der Waals surface area contributed by atoms with E-state index in [9.17, 15) is 18.0 Å². The van der Waals surface area contributed by atoms with E-state index in [0.717, 1.165) is 12.5 Å². The van der Waals surface area contributed by atoms with Gasteiger partial charge in [0, 0.05) is 24.2 Å². The van der Waals surface area contributed by atoms with E-state index in [1.807, 2.05) is 0 Å². The third kappa shape index (κ3) is 3.87. The first kappa shape index (κ1) is 21.9. The minimum absolute atomic E-state index is 0.0812. The lowest BCUT2D eigenvalue weighted by molar-refractivity contribution is -0.142. The van der Waals surface area contributed by atoms with Crippen LogP contribution >= 0.6 is 0 Å². The number of methoxy groups -OCH3 is 1. The van der Waals surface area contributed by atoms with Crippen molar-refractivity contribution in [3.05, 3.63) is 65.3 Å². The number of halogens is 3. The third-order valence-corrected chi connectivity index (χ3v) is 5.79. The molecule has 0 bridgehead atoms. The Labute approximate surface area is 191 Å². The number of benzene rings is 1. The van der Waals surface area contributed by atoms with Gasteiger partial charge < -0.3 is 14.2 Å². The number of aryl methyl sites for hydroxylation is 1. The zero-order chi connectivity index (χ0) is 24.0. The molecule has 4 aromatic rings. The summed E-state index contributed by atoms with van der Waals surface area (Å²) in [5.74, 6) is 0.541. The molecule has 0 saturated carbocycles. The molecule has 4 heterocycles. The Morgan fingerprint density at radius 1 is 1.21 bits per heavy atom. The van der Waals surface area contributed by atoms with E-state index in [2.05, 4.69) is 15.2 Å². The van der Waals surface area contributed by atoms with Gasteiger partial charge in [-0.15, -0.1) is 0 Å². The number of fused-ring (bicyclic) bond motifs is 1. The standard InChI is InChI=1S/C23H20F3N5O3/c1-13-9-19(34-29-13)18-7-4-8-30(18)22(32)17-12-21-27-16(14-5-3-6-15(10-14)33-2)11-20(23(24,25)26)31(21)28-17/h3,5-6,9-12,18H,4,7-8H2,1-2H3. The predicted molar refractivity (Wildman–Crippen MR) is 114 cm³/mol. The van der Waals surface area contributed by atoms with Crippen LogP contribution in [-0.2, 0) is 6.18 Å². The second-order valence-electron chi connectivity index (χ2n) is 8.08. The lowest BCUT2D eigenvalue weighted by Crippen LogP contribution is -2.30. The fraction of sp³-hybridized carbons (Fsp3) is 0.304. The SMILES string of the molecule is COc1cccc(-c2cc(C(F)(F)F)n3nc(C(=O)N4CCCC4c4cc(C)no4)cc3n2)c1. The monoisotopic (exact) mass is 471 g/mol. The molecule has 0 N–H and O–H groups in total. The number of rotatable bonds is 4. The van der Waals surface area contributed by atoms with E-state index in [4.69, 9.17) is 9.26 Å². The van der Waals surface area contributed by atoms with Crippen LogP contribution in [0.4, 0.5) is 13.2 Å². The van der Waals surface area contributed by atoms with E-state index < -0.39 is 17.8 Å². The molecule has 1 saturated heterocycles. The number of likely N-dealkylation sites (tertiary alicyclic amines) is 1. The van der Waals surface area contributed by atoms with Gasteiger partial charge in [0.15, 0.2) is 22.8 Å². The normalized spacial score (nSPS) is 16.4. The van der Waals surface area contributed by atoms with Gasteiger partial charge in [-0.1, -0.05) is 17.3 Å². The smallest absolute Gasteiger partial charge is 0.433 e. The number of hydrogen-bond acceptors (Lipinski definition) is 6. The molecule has 0 radical (unpaired) electrons. The molecule has 3 aromatic heterocycles.